The van der Waals surface area contributed by atoms with E-state index in [1.165, 1.54) is 29.9 Å². The standard InChI is InChI=1S/C27H27N3O3S/c1-3-33-26(32)23-18(2)28-27-30(24(23)20-9-5-4-6-10-20)25(31)22(34-27)17-19-11-13-21(14-12-19)29-15-7-8-16-29/h4-6,9-14,17,24H,3,7-8,15-16H2,1-2H3/b22-17+/t24-/m1/s1. The van der Waals surface area contributed by atoms with Gasteiger partial charge in [0.1, 0.15) is 0 Å². The van der Waals surface area contributed by atoms with Gasteiger partial charge in [0.25, 0.3) is 5.56 Å². The third-order valence-electron chi connectivity index (χ3n) is 6.29. The number of carbonyl (C=O) groups is 1. The molecule has 1 saturated heterocycles. The number of rotatable bonds is 5. The van der Waals surface area contributed by atoms with Crippen LogP contribution >= 0.6 is 11.3 Å². The molecule has 3 heterocycles. The second kappa shape index (κ2) is 9.43. The third kappa shape index (κ3) is 4.12. The van der Waals surface area contributed by atoms with Gasteiger partial charge in [0, 0.05) is 18.8 Å². The van der Waals surface area contributed by atoms with Crippen molar-refractivity contribution in [3.05, 3.63) is 96.7 Å². The number of benzene rings is 2. The molecular weight excluding hydrogens is 446 g/mol. The Morgan fingerprint density at radius 1 is 1.12 bits per heavy atom. The highest BCUT2D eigenvalue weighted by atomic mass is 32.1. The minimum absolute atomic E-state index is 0.157. The van der Waals surface area contributed by atoms with Crippen LogP contribution in [0.2, 0.25) is 0 Å². The van der Waals surface area contributed by atoms with E-state index >= 15 is 0 Å². The summed E-state index contributed by atoms with van der Waals surface area (Å²) in [5, 5.41) is 0. The molecule has 1 atom stereocenters. The maximum Gasteiger partial charge on any atom is 0.338 e. The van der Waals surface area contributed by atoms with Crippen molar-refractivity contribution in [2.75, 3.05) is 24.6 Å². The quantitative estimate of drug-likeness (QED) is 0.533. The van der Waals surface area contributed by atoms with Crippen LogP contribution in [0.15, 0.2) is 75.7 Å². The van der Waals surface area contributed by atoms with Crippen LogP contribution in [0.1, 0.15) is 43.9 Å². The van der Waals surface area contributed by atoms with Crippen molar-refractivity contribution in [2.24, 2.45) is 4.99 Å². The number of aromatic nitrogens is 1. The van der Waals surface area contributed by atoms with E-state index in [0.717, 1.165) is 24.2 Å². The molecule has 7 heteroatoms. The topological polar surface area (TPSA) is 63.9 Å². The number of fused-ring (bicyclic) bond motifs is 1. The number of ether oxygens (including phenoxy) is 1. The molecular formula is C27H27N3O3S. The first-order chi connectivity index (χ1) is 16.6. The Morgan fingerprint density at radius 3 is 2.50 bits per heavy atom. The number of nitrogens with zero attached hydrogens (tertiary/aromatic N) is 3. The summed E-state index contributed by atoms with van der Waals surface area (Å²) in [7, 11) is 0. The molecule has 0 N–H and O–H groups in total. The molecule has 2 aliphatic rings. The van der Waals surface area contributed by atoms with Crippen LogP contribution in [0.4, 0.5) is 5.69 Å². The van der Waals surface area contributed by atoms with Crippen LogP contribution in [0.5, 0.6) is 0 Å². The normalized spacial score (nSPS) is 18.1. The third-order valence-corrected chi connectivity index (χ3v) is 7.28. The predicted molar refractivity (Wildman–Crippen MR) is 135 cm³/mol. The molecule has 1 aromatic heterocycles. The number of esters is 1. The van der Waals surface area contributed by atoms with Gasteiger partial charge in [0.05, 0.1) is 28.5 Å². The average molecular weight is 474 g/mol. The summed E-state index contributed by atoms with van der Waals surface area (Å²) < 4.78 is 7.55. The van der Waals surface area contributed by atoms with E-state index < -0.39 is 12.0 Å². The smallest absolute Gasteiger partial charge is 0.338 e. The van der Waals surface area contributed by atoms with E-state index in [0.29, 0.717) is 20.6 Å². The molecule has 0 amide bonds. The molecule has 0 saturated carbocycles. The van der Waals surface area contributed by atoms with Gasteiger partial charge in [0.2, 0.25) is 0 Å². The number of thiazole rings is 1. The van der Waals surface area contributed by atoms with Crippen molar-refractivity contribution in [1.82, 2.24) is 4.57 Å². The molecule has 0 spiro atoms. The highest BCUT2D eigenvalue weighted by Gasteiger charge is 2.33. The summed E-state index contributed by atoms with van der Waals surface area (Å²) in [4.78, 5) is 34.1. The highest BCUT2D eigenvalue weighted by Crippen LogP contribution is 2.30. The van der Waals surface area contributed by atoms with Gasteiger partial charge in [-0.15, -0.1) is 0 Å². The van der Waals surface area contributed by atoms with Crippen molar-refractivity contribution >= 4 is 29.1 Å². The van der Waals surface area contributed by atoms with Crippen molar-refractivity contribution in [3.8, 4) is 0 Å². The van der Waals surface area contributed by atoms with E-state index in [2.05, 4.69) is 34.2 Å². The van der Waals surface area contributed by atoms with Crippen LogP contribution in [-0.2, 0) is 9.53 Å². The molecule has 0 bridgehead atoms. The number of hydrogen-bond donors (Lipinski definition) is 0. The van der Waals surface area contributed by atoms with E-state index in [1.807, 2.05) is 36.4 Å². The van der Waals surface area contributed by atoms with Gasteiger partial charge in [-0.3, -0.25) is 9.36 Å². The molecule has 0 unspecified atom stereocenters. The number of hydrogen-bond acceptors (Lipinski definition) is 6. The van der Waals surface area contributed by atoms with Gasteiger partial charge < -0.3 is 9.64 Å². The lowest BCUT2D eigenvalue weighted by Gasteiger charge is -2.24. The van der Waals surface area contributed by atoms with E-state index in [4.69, 9.17) is 4.74 Å². The molecule has 0 aliphatic carbocycles. The first kappa shape index (κ1) is 22.3. The average Bonchev–Trinajstić information content (AvgIpc) is 3.48. The van der Waals surface area contributed by atoms with Gasteiger partial charge in [-0.1, -0.05) is 53.8 Å². The second-order valence-electron chi connectivity index (χ2n) is 8.50. The predicted octanol–water partition coefficient (Wildman–Crippen LogP) is 3.40. The summed E-state index contributed by atoms with van der Waals surface area (Å²) in [6, 6.07) is 17.3. The largest absolute Gasteiger partial charge is 0.463 e. The van der Waals surface area contributed by atoms with Crippen molar-refractivity contribution in [1.29, 1.82) is 0 Å². The zero-order valence-corrected chi connectivity index (χ0v) is 20.2. The summed E-state index contributed by atoms with van der Waals surface area (Å²) in [6.45, 7) is 6.03. The van der Waals surface area contributed by atoms with Crippen LogP contribution < -0.4 is 19.8 Å². The van der Waals surface area contributed by atoms with Gasteiger partial charge in [0.15, 0.2) is 4.80 Å². The van der Waals surface area contributed by atoms with Gasteiger partial charge >= 0.3 is 5.97 Å². The zero-order valence-electron chi connectivity index (χ0n) is 19.4. The summed E-state index contributed by atoms with van der Waals surface area (Å²) >= 11 is 1.35. The lowest BCUT2D eigenvalue weighted by molar-refractivity contribution is -0.139. The van der Waals surface area contributed by atoms with Crippen molar-refractivity contribution in [3.63, 3.8) is 0 Å². The Labute approximate surface area is 202 Å². The van der Waals surface area contributed by atoms with E-state index in [1.54, 1.807) is 18.4 Å². The highest BCUT2D eigenvalue weighted by molar-refractivity contribution is 7.07. The summed E-state index contributed by atoms with van der Waals surface area (Å²) in [5.74, 6) is -0.440. The monoisotopic (exact) mass is 473 g/mol. The Balaban J connectivity index is 1.60. The van der Waals surface area contributed by atoms with Crippen LogP contribution in [0, 0.1) is 0 Å². The van der Waals surface area contributed by atoms with Crippen molar-refractivity contribution < 1.29 is 9.53 Å². The summed E-state index contributed by atoms with van der Waals surface area (Å²) in [5.41, 5.74) is 3.86. The fourth-order valence-corrected chi connectivity index (χ4v) is 5.70. The molecule has 3 aromatic rings. The lowest BCUT2D eigenvalue weighted by atomic mass is 9.96. The number of carbonyl (C=O) groups excluding carboxylic acids is 1. The fourth-order valence-electron chi connectivity index (χ4n) is 4.65. The Kier molecular flexibility index (Phi) is 6.20. The first-order valence-electron chi connectivity index (χ1n) is 11.7. The maximum atomic E-state index is 13.6. The van der Waals surface area contributed by atoms with Crippen molar-refractivity contribution in [2.45, 2.75) is 32.7 Å². The van der Waals surface area contributed by atoms with E-state index in [9.17, 15) is 9.59 Å². The Hall–Kier alpha value is -3.45. The molecule has 1 fully saturated rings. The minimum Gasteiger partial charge on any atom is -0.463 e. The lowest BCUT2D eigenvalue weighted by Crippen LogP contribution is -2.39. The molecule has 174 valence electrons. The molecule has 5 rings (SSSR count). The molecule has 6 nitrogen and oxygen atoms in total. The first-order valence-corrected chi connectivity index (χ1v) is 12.5. The maximum absolute atomic E-state index is 13.6. The minimum atomic E-state index is -0.573. The van der Waals surface area contributed by atoms with Gasteiger partial charge in [-0.2, -0.15) is 0 Å². The number of allylic oxidation sites excluding steroid dienone is 1. The van der Waals surface area contributed by atoms with Gasteiger partial charge in [-0.05, 0) is 56.0 Å². The van der Waals surface area contributed by atoms with Gasteiger partial charge in [-0.25, -0.2) is 9.79 Å². The molecule has 34 heavy (non-hydrogen) atoms. The molecule has 0 radical (unpaired) electrons. The Morgan fingerprint density at radius 2 is 1.82 bits per heavy atom. The summed E-state index contributed by atoms with van der Waals surface area (Å²) in [6.07, 6.45) is 4.38. The SMILES string of the molecule is CCOC(=O)C1=C(C)N=c2s/c(=C/c3ccc(N4CCCC4)cc3)c(=O)n2[C@@H]1c1ccccc1. The van der Waals surface area contributed by atoms with Crippen LogP contribution in [0.25, 0.3) is 6.08 Å². The number of anilines is 1. The second-order valence-corrected chi connectivity index (χ2v) is 9.51. The fraction of sp³-hybridized carbons (Fsp3) is 0.296. The van der Waals surface area contributed by atoms with Crippen LogP contribution in [-0.4, -0.2) is 30.2 Å². The van der Waals surface area contributed by atoms with Crippen LogP contribution in [0.3, 0.4) is 0 Å². The zero-order chi connectivity index (χ0) is 23.7. The molecule has 2 aliphatic heterocycles. The molecule has 2 aromatic carbocycles. The Bertz CT molecular complexity index is 1410. The van der Waals surface area contributed by atoms with E-state index in [-0.39, 0.29) is 12.2 Å².